The quantitative estimate of drug-likeness (QED) is 0.0679. The highest BCUT2D eigenvalue weighted by atomic mass is 32.2. The normalized spacial score (nSPS) is 19.9. The molecule has 4 aromatic carbocycles. The number of thioether (sulfide) groups is 1. The molecule has 6 rings (SSSR count). The Kier molecular flexibility index (Phi) is 11.0. The molecule has 0 saturated heterocycles. The van der Waals surface area contributed by atoms with Crippen molar-refractivity contribution >= 4 is 35.1 Å². The summed E-state index contributed by atoms with van der Waals surface area (Å²) in [5.41, 5.74) is 33.1. The fourth-order valence-electron chi connectivity index (χ4n) is 8.17. The van der Waals surface area contributed by atoms with E-state index in [4.69, 9.17) is 32.4 Å². The topological polar surface area (TPSA) is 188 Å². The Hall–Kier alpha value is -5.03. The summed E-state index contributed by atoms with van der Waals surface area (Å²) < 4.78 is 14.1. The van der Waals surface area contributed by atoms with Crippen molar-refractivity contribution in [2.75, 3.05) is 0 Å². The highest BCUT2D eigenvalue weighted by Crippen LogP contribution is 2.53. The van der Waals surface area contributed by atoms with E-state index in [2.05, 4.69) is 48.1 Å². The Morgan fingerprint density at radius 2 is 0.945 bits per heavy atom. The van der Waals surface area contributed by atoms with Crippen LogP contribution in [-0.2, 0) is 12.8 Å². The van der Waals surface area contributed by atoms with E-state index in [0.29, 0.717) is 22.9 Å². The van der Waals surface area contributed by atoms with Crippen molar-refractivity contribution in [3.8, 4) is 23.0 Å². The molecule has 0 fully saturated rings. The Morgan fingerprint density at radius 3 is 1.27 bits per heavy atom. The smallest absolute Gasteiger partial charge is 0.191 e. The highest BCUT2D eigenvalue weighted by molar-refractivity contribution is 7.99. The number of hydrogen-bond acceptors (Lipinski definition) is 7. The van der Waals surface area contributed by atoms with Crippen molar-refractivity contribution in [3.63, 3.8) is 0 Å². The summed E-state index contributed by atoms with van der Waals surface area (Å²) in [7, 11) is 0. The molecule has 0 radical (unpaired) electrons. The van der Waals surface area contributed by atoms with Gasteiger partial charge in [0.15, 0.2) is 11.9 Å². The summed E-state index contributed by atoms with van der Waals surface area (Å²) in [5, 5.41) is 21.7. The summed E-state index contributed by atoms with van der Waals surface area (Å²) in [4.78, 5) is 8.55. The predicted molar refractivity (Wildman–Crippen MR) is 225 cm³/mol. The second kappa shape index (κ2) is 15.2. The van der Waals surface area contributed by atoms with Gasteiger partial charge in [0.05, 0.1) is 11.4 Å². The first-order valence-corrected chi connectivity index (χ1v) is 19.9. The minimum absolute atomic E-state index is 0.00910. The van der Waals surface area contributed by atoms with E-state index in [1.165, 1.54) is 0 Å². The summed E-state index contributed by atoms with van der Waals surface area (Å²) in [5.74, 6) is 2.49. The van der Waals surface area contributed by atoms with E-state index in [9.17, 15) is 10.2 Å². The molecule has 4 aromatic rings. The SMILES string of the molecule is Cc1c(C)c2c(c(C)c1O)CCC(C)(CC(SC(CC1(C)CCc3c(C)c(O)c(C)c(C)c3O1)c1ccc(N=C(N)N)cc1)c1ccc(N=C(N)N)cc1)O2. The van der Waals surface area contributed by atoms with Crippen LogP contribution in [0.15, 0.2) is 58.5 Å². The van der Waals surface area contributed by atoms with E-state index < -0.39 is 11.2 Å². The Labute approximate surface area is 329 Å². The number of nitrogens with two attached hydrogens (primary N) is 4. The molecule has 0 aromatic heterocycles. The first-order chi connectivity index (χ1) is 25.9. The Balaban J connectivity index is 1.40. The van der Waals surface area contributed by atoms with Crippen LogP contribution in [0.2, 0.25) is 0 Å². The fraction of sp³-hybridized carbons (Fsp3) is 0.409. The standard InChI is InChI=1S/C44H56N6O4S/c1-23-25(3)39-33(27(5)37(23)51)17-19-43(7,53-39)21-35(29-9-13-31(14-10-29)49-41(45)46)55-36(30-11-15-32(16-12-30)50-42(47)48)22-44(8)20-18-34-28(6)38(52)24(2)26(4)40(34)54-44/h9-16,35-36,51-52H,17-22H2,1-8H3,(H4,45,46,49)(H4,47,48,50). The number of benzene rings is 4. The lowest BCUT2D eigenvalue weighted by atomic mass is 9.84. The first-order valence-electron chi connectivity index (χ1n) is 18.9. The maximum absolute atomic E-state index is 10.9. The molecule has 11 heteroatoms. The van der Waals surface area contributed by atoms with E-state index in [-0.39, 0.29) is 22.4 Å². The molecule has 55 heavy (non-hydrogen) atoms. The number of ether oxygens (including phenoxy) is 2. The third-order valence-corrected chi connectivity index (χ3v) is 13.3. The second-order valence-electron chi connectivity index (χ2n) is 15.9. The van der Waals surface area contributed by atoms with Crippen molar-refractivity contribution in [2.24, 2.45) is 32.9 Å². The molecule has 292 valence electrons. The Morgan fingerprint density at radius 1 is 0.600 bits per heavy atom. The van der Waals surface area contributed by atoms with Gasteiger partial charge in [-0.2, -0.15) is 0 Å². The fourth-order valence-corrected chi connectivity index (χ4v) is 10.1. The van der Waals surface area contributed by atoms with Crippen LogP contribution in [0, 0.1) is 41.5 Å². The molecule has 2 heterocycles. The van der Waals surface area contributed by atoms with Gasteiger partial charge in [0.2, 0.25) is 0 Å². The van der Waals surface area contributed by atoms with Crippen molar-refractivity contribution in [2.45, 2.75) is 116 Å². The van der Waals surface area contributed by atoms with Gasteiger partial charge in [-0.3, -0.25) is 0 Å². The highest BCUT2D eigenvalue weighted by Gasteiger charge is 2.41. The second-order valence-corrected chi connectivity index (χ2v) is 17.4. The van der Waals surface area contributed by atoms with Crippen LogP contribution in [0.1, 0.15) is 106 Å². The van der Waals surface area contributed by atoms with Gasteiger partial charge in [0, 0.05) is 34.5 Å². The zero-order valence-corrected chi connectivity index (χ0v) is 34.2. The van der Waals surface area contributed by atoms with Crippen molar-refractivity contribution in [1.82, 2.24) is 0 Å². The van der Waals surface area contributed by atoms with Crippen molar-refractivity contribution in [1.29, 1.82) is 0 Å². The van der Waals surface area contributed by atoms with Gasteiger partial charge in [0.25, 0.3) is 0 Å². The minimum Gasteiger partial charge on any atom is -0.507 e. The lowest BCUT2D eigenvalue weighted by molar-refractivity contribution is 0.0524. The number of aromatic hydroxyl groups is 2. The number of phenols is 2. The van der Waals surface area contributed by atoms with Crippen LogP contribution in [-0.4, -0.2) is 33.3 Å². The molecule has 0 spiro atoms. The molecule has 4 unspecified atom stereocenters. The number of rotatable bonds is 10. The van der Waals surface area contributed by atoms with Gasteiger partial charge < -0.3 is 42.6 Å². The maximum atomic E-state index is 10.9. The van der Waals surface area contributed by atoms with Gasteiger partial charge in [-0.1, -0.05) is 24.3 Å². The lowest BCUT2D eigenvalue weighted by Gasteiger charge is -2.42. The third kappa shape index (κ3) is 8.17. The average Bonchev–Trinajstić information content (AvgIpc) is 3.14. The first kappa shape index (κ1) is 39.7. The number of hydrogen-bond donors (Lipinski definition) is 6. The largest absolute Gasteiger partial charge is 0.507 e. The molecular weight excluding hydrogens is 709 g/mol. The molecule has 10 N–H and O–H groups in total. The molecule has 0 bridgehead atoms. The van der Waals surface area contributed by atoms with E-state index in [1.54, 1.807) is 0 Å². The van der Waals surface area contributed by atoms with Gasteiger partial charge in [-0.05, 0) is 150 Å². The summed E-state index contributed by atoms with van der Waals surface area (Å²) in [6.07, 6.45) is 4.65. The lowest BCUT2D eigenvalue weighted by Crippen LogP contribution is -2.39. The summed E-state index contributed by atoms with van der Waals surface area (Å²) >= 11 is 1.90. The molecule has 4 atom stereocenters. The number of phenolic OH excluding ortho intramolecular Hbond substituents is 2. The average molecular weight is 765 g/mol. The van der Waals surface area contributed by atoms with E-state index >= 15 is 0 Å². The molecule has 10 nitrogen and oxygen atoms in total. The molecule has 2 aliphatic rings. The summed E-state index contributed by atoms with van der Waals surface area (Å²) in [6, 6.07) is 16.2. The van der Waals surface area contributed by atoms with Crippen molar-refractivity contribution < 1.29 is 19.7 Å². The molecular formula is C44H56N6O4S. The van der Waals surface area contributed by atoms with E-state index in [0.717, 1.165) is 106 Å². The van der Waals surface area contributed by atoms with Gasteiger partial charge >= 0.3 is 0 Å². The van der Waals surface area contributed by atoms with E-state index in [1.807, 2.05) is 77.6 Å². The number of guanidine groups is 2. The van der Waals surface area contributed by atoms with Gasteiger partial charge in [-0.15, -0.1) is 11.8 Å². The zero-order valence-electron chi connectivity index (χ0n) is 33.3. The monoisotopic (exact) mass is 764 g/mol. The number of fused-ring (bicyclic) bond motifs is 2. The van der Waals surface area contributed by atoms with Crippen LogP contribution in [0.3, 0.4) is 0 Å². The maximum Gasteiger partial charge on any atom is 0.191 e. The summed E-state index contributed by atoms with van der Waals surface area (Å²) in [6.45, 7) is 16.3. The van der Waals surface area contributed by atoms with Gasteiger partial charge in [0.1, 0.15) is 34.2 Å². The molecule has 0 saturated carbocycles. The van der Waals surface area contributed by atoms with Crippen LogP contribution in [0.5, 0.6) is 23.0 Å². The molecule has 2 aliphatic heterocycles. The zero-order chi connectivity index (χ0) is 40.0. The Bertz CT molecular complexity index is 2010. The molecule has 0 amide bonds. The number of nitrogens with zero attached hydrogens (tertiary/aromatic N) is 2. The third-order valence-electron chi connectivity index (χ3n) is 11.8. The van der Waals surface area contributed by atoms with Crippen LogP contribution >= 0.6 is 11.8 Å². The predicted octanol–water partition coefficient (Wildman–Crippen LogP) is 8.62. The van der Waals surface area contributed by atoms with Crippen molar-refractivity contribution in [3.05, 3.63) is 104 Å². The number of aliphatic imine (C=N–C) groups is 2. The van der Waals surface area contributed by atoms with Crippen LogP contribution < -0.4 is 32.4 Å². The molecule has 0 aliphatic carbocycles. The van der Waals surface area contributed by atoms with Crippen LogP contribution in [0.4, 0.5) is 11.4 Å². The minimum atomic E-state index is -0.496. The van der Waals surface area contributed by atoms with Crippen LogP contribution in [0.25, 0.3) is 0 Å². The van der Waals surface area contributed by atoms with Gasteiger partial charge in [-0.25, -0.2) is 9.98 Å².